The number of phenols is 1. The van der Waals surface area contributed by atoms with E-state index in [2.05, 4.69) is 36.4 Å². The minimum Gasteiger partial charge on any atom is -0.508 e. The molecule has 0 spiro atoms. The first-order chi connectivity index (χ1) is 14.8. The number of aromatic amines is 1. The average molecular weight is 483 g/mol. The molecule has 2 aromatic heterocycles. The standard InChI is InChI=1S/C21H19BrN6O3/c1-12(14-6-8-16(29)9-7-14)25-26-20-23-18-17(19(30)24-21(31)27(18)2)28(20)11-13-4-3-5-15(22)10-13/h3-10,29H,11H2,1-2H3,(H,23,26)(H,24,30,31)/b25-12+. The van der Waals surface area contributed by atoms with Crippen LogP contribution in [-0.4, -0.2) is 29.9 Å². The van der Waals surface area contributed by atoms with E-state index in [1.165, 1.54) is 4.57 Å². The summed E-state index contributed by atoms with van der Waals surface area (Å²) in [5.74, 6) is 0.486. The van der Waals surface area contributed by atoms with Crippen molar-refractivity contribution in [2.75, 3.05) is 5.43 Å². The molecule has 0 amide bonds. The number of nitrogens with zero attached hydrogens (tertiary/aromatic N) is 4. The number of rotatable bonds is 5. The number of aromatic hydroxyl groups is 1. The van der Waals surface area contributed by atoms with Gasteiger partial charge in [0, 0.05) is 11.5 Å². The number of imidazole rings is 1. The minimum atomic E-state index is -0.542. The minimum absolute atomic E-state index is 0.167. The van der Waals surface area contributed by atoms with Gasteiger partial charge >= 0.3 is 5.69 Å². The van der Waals surface area contributed by atoms with Gasteiger partial charge in [-0.25, -0.2) is 10.2 Å². The van der Waals surface area contributed by atoms with E-state index in [9.17, 15) is 14.7 Å². The summed E-state index contributed by atoms with van der Waals surface area (Å²) in [6.07, 6.45) is 0. The number of nitrogens with one attached hydrogen (secondary N) is 2. The summed E-state index contributed by atoms with van der Waals surface area (Å²) < 4.78 is 3.88. The van der Waals surface area contributed by atoms with Crippen molar-refractivity contribution in [2.24, 2.45) is 12.1 Å². The maximum Gasteiger partial charge on any atom is 0.329 e. The molecule has 0 bridgehead atoms. The van der Waals surface area contributed by atoms with Gasteiger partial charge in [0.25, 0.3) is 5.56 Å². The van der Waals surface area contributed by atoms with Crippen LogP contribution >= 0.6 is 15.9 Å². The number of halogens is 1. The van der Waals surface area contributed by atoms with Crippen molar-refractivity contribution in [1.29, 1.82) is 0 Å². The number of hydrogen-bond acceptors (Lipinski definition) is 6. The quantitative estimate of drug-likeness (QED) is 0.298. The molecule has 4 rings (SSSR count). The first-order valence-corrected chi connectivity index (χ1v) is 10.2. The van der Waals surface area contributed by atoms with Crippen LogP contribution in [0.3, 0.4) is 0 Å². The molecular weight excluding hydrogens is 464 g/mol. The zero-order valence-electron chi connectivity index (χ0n) is 16.8. The molecule has 0 saturated carbocycles. The fourth-order valence-corrected chi connectivity index (χ4v) is 3.64. The van der Waals surface area contributed by atoms with E-state index in [0.717, 1.165) is 15.6 Å². The number of benzene rings is 2. The topological polar surface area (TPSA) is 117 Å². The SMILES string of the molecule is C/C(=N\Nc1nc2c(c(=O)[nH]c(=O)n2C)n1Cc1cccc(Br)c1)c1ccc(O)cc1. The van der Waals surface area contributed by atoms with Gasteiger partial charge in [0.15, 0.2) is 11.2 Å². The normalized spacial score (nSPS) is 11.8. The fourth-order valence-electron chi connectivity index (χ4n) is 3.19. The second-order valence-corrected chi connectivity index (χ2v) is 7.91. The monoisotopic (exact) mass is 482 g/mol. The van der Waals surface area contributed by atoms with Gasteiger partial charge < -0.3 is 5.11 Å². The Morgan fingerprint density at radius 2 is 1.97 bits per heavy atom. The third-order valence-corrected chi connectivity index (χ3v) is 5.34. The summed E-state index contributed by atoms with van der Waals surface area (Å²) in [6.45, 7) is 2.15. The molecule has 0 saturated heterocycles. The lowest BCUT2D eigenvalue weighted by Gasteiger charge is -2.09. The molecule has 2 heterocycles. The highest BCUT2D eigenvalue weighted by Crippen LogP contribution is 2.20. The van der Waals surface area contributed by atoms with Crippen LogP contribution in [0.25, 0.3) is 11.2 Å². The number of aromatic nitrogens is 4. The van der Waals surface area contributed by atoms with E-state index >= 15 is 0 Å². The first kappa shape index (κ1) is 20.6. The van der Waals surface area contributed by atoms with Crippen LogP contribution < -0.4 is 16.7 Å². The summed E-state index contributed by atoms with van der Waals surface area (Å²) >= 11 is 3.46. The predicted molar refractivity (Wildman–Crippen MR) is 123 cm³/mol. The van der Waals surface area contributed by atoms with Crippen LogP contribution in [0, 0.1) is 0 Å². The summed E-state index contributed by atoms with van der Waals surface area (Å²) in [4.78, 5) is 31.4. The summed E-state index contributed by atoms with van der Waals surface area (Å²) in [7, 11) is 1.55. The Morgan fingerprint density at radius 1 is 1.23 bits per heavy atom. The van der Waals surface area contributed by atoms with E-state index in [0.29, 0.717) is 18.2 Å². The zero-order chi connectivity index (χ0) is 22.1. The largest absolute Gasteiger partial charge is 0.508 e. The number of hydrogen-bond donors (Lipinski definition) is 3. The Kier molecular flexibility index (Phi) is 5.47. The van der Waals surface area contributed by atoms with E-state index in [4.69, 9.17) is 0 Å². The Hall–Kier alpha value is -3.66. The van der Waals surface area contributed by atoms with E-state index in [-0.39, 0.29) is 16.9 Å². The summed E-state index contributed by atoms with van der Waals surface area (Å²) in [5, 5.41) is 13.8. The lowest BCUT2D eigenvalue weighted by atomic mass is 10.1. The predicted octanol–water partition coefficient (Wildman–Crippen LogP) is 2.78. The second kappa shape index (κ2) is 8.23. The number of anilines is 1. The summed E-state index contributed by atoms with van der Waals surface area (Å²) in [5.41, 5.74) is 4.78. The maximum absolute atomic E-state index is 12.6. The van der Waals surface area contributed by atoms with Gasteiger partial charge in [-0.3, -0.25) is 18.9 Å². The van der Waals surface area contributed by atoms with Gasteiger partial charge in [-0.15, -0.1) is 0 Å². The lowest BCUT2D eigenvalue weighted by molar-refractivity contribution is 0.475. The Morgan fingerprint density at radius 3 is 2.68 bits per heavy atom. The third-order valence-electron chi connectivity index (χ3n) is 4.85. The van der Waals surface area contributed by atoms with Crippen molar-refractivity contribution in [3.8, 4) is 5.75 Å². The number of H-pyrrole nitrogens is 1. The molecule has 0 unspecified atom stereocenters. The van der Waals surface area contributed by atoms with Crippen LogP contribution in [0.5, 0.6) is 5.75 Å². The Labute approximate surface area is 184 Å². The highest BCUT2D eigenvalue weighted by molar-refractivity contribution is 9.10. The summed E-state index contributed by atoms with van der Waals surface area (Å²) in [6, 6.07) is 14.3. The van der Waals surface area contributed by atoms with Gasteiger partial charge in [-0.05, 0) is 54.4 Å². The molecule has 2 aromatic carbocycles. The van der Waals surface area contributed by atoms with Crippen LogP contribution in [0.1, 0.15) is 18.1 Å². The van der Waals surface area contributed by atoms with Crippen molar-refractivity contribution < 1.29 is 5.11 Å². The molecule has 0 aliphatic heterocycles. The van der Waals surface area contributed by atoms with Crippen molar-refractivity contribution in [3.05, 3.63) is 85.0 Å². The van der Waals surface area contributed by atoms with Crippen molar-refractivity contribution >= 4 is 38.8 Å². The zero-order valence-corrected chi connectivity index (χ0v) is 18.3. The molecule has 4 aromatic rings. The molecular formula is C21H19BrN6O3. The molecule has 31 heavy (non-hydrogen) atoms. The molecule has 9 nitrogen and oxygen atoms in total. The average Bonchev–Trinajstić information content (AvgIpc) is 3.10. The van der Waals surface area contributed by atoms with Crippen LogP contribution in [0.15, 0.2) is 67.7 Å². The van der Waals surface area contributed by atoms with Crippen molar-refractivity contribution in [2.45, 2.75) is 13.5 Å². The van der Waals surface area contributed by atoms with Gasteiger partial charge in [0.2, 0.25) is 5.95 Å². The Bertz CT molecular complexity index is 1420. The van der Waals surface area contributed by atoms with Gasteiger partial charge in [0.05, 0.1) is 12.3 Å². The molecule has 3 N–H and O–H groups in total. The highest BCUT2D eigenvalue weighted by Gasteiger charge is 2.17. The molecule has 0 aliphatic carbocycles. The maximum atomic E-state index is 12.6. The van der Waals surface area contributed by atoms with Gasteiger partial charge in [0.1, 0.15) is 5.75 Å². The van der Waals surface area contributed by atoms with Crippen LogP contribution in [0.2, 0.25) is 0 Å². The van der Waals surface area contributed by atoms with Gasteiger partial charge in [-0.1, -0.05) is 28.1 Å². The number of hydrazone groups is 1. The number of fused-ring (bicyclic) bond motifs is 1. The smallest absolute Gasteiger partial charge is 0.329 e. The van der Waals surface area contributed by atoms with Crippen molar-refractivity contribution in [1.82, 2.24) is 19.1 Å². The van der Waals surface area contributed by atoms with Crippen LogP contribution in [0.4, 0.5) is 5.95 Å². The molecule has 0 aliphatic rings. The molecule has 10 heteroatoms. The van der Waals surface area contributed by atoms with Gasteiger partial charge in [-0.2, -0.15) is 10.1 Å². The van der Waals surface area contributed by atoms with Crippen LogP contribution in [-0.2, 0) is 13.6 Å². The number of aryl methyl sites for hydroxylation is 1. The second-order valence-electron chi connectivity index (χ2n) is 7.00. The van der Waals surface area contributed by atoms with Crippen molar-refractivity contribution in [3.63, 3.8) is 0 Å². The van der Waals surface area contributed by atoms with E-state index < -0.39 is 11.2 Å². The molecule has 0 radical (unpaired) electrons. The third kappa shape index (κ3) is 4.15. The molecule has 0 fully saturated rings. The number of phenolic OH excluding ortho intramolecular Hbond substituents is 1. The van der Waals surface area contributed by atoms with E-state index in [1.807, 2.05) is 31.2 Å². The molecule has 0 atom stereocenters. The first-order valence-electron chi connectivity index (χ1n) is 9.37. The highest BCUT2D eigenvalue weighted by atomic mass is 79.9. The lowest BCUT2D eigenvalue weighted by Crippen LogP contribution is -2.29. The molecule has 158 valence electrons. The fraction of sp³-hybridized carbons (Fsp3) is 0.143. The van der Waals surface area contributed by atoms with E-state index in [1.54, 1.807) is 35.9 Å². The Balaban J connectivity index is 1.81.